The van der Waals surface area contributed by atoms with E-state index in [1.165, 1.54) is 156 Å². The van der Waals surface area contributed by atoms with Crippen LogP contribution < -0.4 is 22.5 Å². The Morgan fingerprint density at radius 3 is 1.90 bits per heavy atom. The third kappa shape index (κ3) is 30.8. The molecule has 4 heteroatoms. The Morgan fingerprint density at radius 1 is 0.708 bits per heavy atom. The van der Waals surface area contributed by atoms with Crippen molar-refractivity contribution in [1.29, 1.82) is 0 Å². The quantitative estimate of drug-likeness (QED) is 0.0581. The van der Waals surface area contributed by atoms with E-state index in [1.54, 1.807) is 5.57 Å². The molecule has 3 atom stereocenters. The molecular weight excluding hydrogens is 873 g/mol. The lowest BCUT2D eigenvalue weighted by atomic mass is 9.75. The van der Waals surface area contributed by atoms with Crippen molar-refractivity contribution in [3.8, 4) is 0 Å². The van der Waals surface area contributed by atoms with Gasteiger partial charge in [0.05, 0.1) is 0 Å². The van der Waals surface area contributed by atoms with E-state index in [0.717, 1.165) is 37.7 Å². The molecule has 0 bridgehead atoms. The summed E-state index contributed by atoms with van der Waals surface area (Å²) in [5, 5.41) is 3.52. The van der Waals surface area contributed by atoms with E-state index in [1.807, 2.05) is 76.6 Å². The first-order chi connectivity index (χ1) is 34.8. The van der Waals surface area contributed by atoms with Gasteiger partial charge in [-0.1, -0.05) is 248 Å². The molecule has 72 heavy (non-hydrogen) atoms. The van der Waals surface area contributed by atoms with Gasteiger partial charge in [0.25, 0.3) is 0 Å². The van der Waals surface area contributed by atoms with E-state index in [2.05, 4.69) is 125 Å². The molecule has 0 spiro atoms. The molecule has 1 radical (unpaired) electrons. The summed E-state index contributed by atoms with van der Waals surface area (Å²) in [5.41, 5.74) is 26.6. The normalized spacial score (nSPS) is 17.8. The molecular formula is C68H113N4. The van der Waals surface area contributed by atoms with E-state index >= 15 is 0 Å². The van der Waals surface area contributed by atoms with E-state index < -0.39 is 0 Å². The molecule has 0 saturated heterocycles. The molecule has 4 aliphatic carbocycles. The third-order valence-electron chi connectivity index (χ3n) is 14.1. The summed E-state index contributed by atoms with van der Waals surface area (Å²) in [7, 11) is 0. The van der Waals surface area contributed by atoms with Crippen molar-refractivity contribution in [1.82, 2.24) is 5.32 Å². The molecule has 0 amide bonds. The first-order valence-electron chi connectivity index (χ1n) is 29.1. The Hall–Kier alpha value is -4.12. The topological polar surface area (TPSA) is 90.1 Å². The summed E-state index contributed by atoms with van der Waals surface area (Å²) in [5.74, 6) is 3.66. The largest absolute Gasteiger partial charge is 0.399 e. The fourth-order valence-electron chi connectivity index (χ4n) is 10.1. The zero-order valence-corrected chi connectivity index (χ0v) is 47.3. The number of nitrogens with two attached hydrogens (primary N) is 3. The SMILES string of the molecule is C.C/C=C(CCCC1=CCCC1)/C(=C/NCc1ccccc1)CCC.CC.CC.CCCC1CCCCC1.CCC[C@H](C)c1cccc([C@H]2CCCCC2CN)c1.NCC1C=C[CH]C=C1.Nc1ccccc1. The zero-order chi connectivity index (χ0) is 52.2. The lowest BCUT2D eigenvalue weighted by Gasteiger charge is -2.31. The average molecular weight is 987 g/mol. The Labute approximate surface area is 447 Å². The average Bonchev–Trinajstić information content (AvgIpc) is 3.97. The lowest BCUT2D eigenvalue weighted by molar-refractivity contribution is 0.314. The molecule has 4 nitrogen and oxygen atoms in total. The maximum absolute atomic E-state index is 5.98. The van der Waals surface area contributed by atoms with Gasteiger partial charge in [-0.25, -0.2) is 0 Å². The first-order valence-corrected chi connectivity index (χ1v) is 29.1. The molecule has 3 aromatic rings. The van der Waals surface area contributed by atoms with E-state index in [-0.39, 0.29) is 7.43 Å². The van der Waals surface area contributed by atoms with Crippen molar-refractivity contribution in [3.05, 3.63) is 167 Å². The molecule has 4 aliphatic rings. The van der Waals surface area contributed by atoms with Gasteiger partial charge in [-0.05, 0) is 141 Å². The number of anilines is 1. The molecule has 2 fully saturated rings. The van der Waals surface area contributed by atoms with Crippen LogP contribution in [-0.4, -0.2) is 13.1 Å². The van der Waals surface area contributed by atoms with Gasteiger partial charge in [-0.3, -0.25) is 0 Å². The number of hydrogen-bond donors (Lipinski definition) is 4. The second kappa shape index (κ2) is 46.7. The van der Waals surface area contributed by atoms with Gasteiger partial charge in [-0.2, -0.15) is 0 Å². The van der Waals surface area contributed by atoms with Gasteiger partial charge >= 0.3 is 0 Å². The van der Waals surface area contributed by atoms with Crippen LogP contribution in [0.1, 0.15) is 233 Å². The summed E-state index contributed by atoms with van der Waals surface area (Å²) < 4.78 is 0. The van der Waals surface area contributed by atoms with Crippen LogP contribution in [0.5, 0.6) is 0 Å². The van der Waals surface area contributed by atoms with Gasteiger partial charge in [0.2, 0.25) is 0 Å². The minimum Gasteiger partial charge on any atom is -0.399 e. The first kappa shape index (κ1) is 67.9. The minimum absolute atomic E-state index is 0. The maximum Gasteiger partial charge on any atom is 0.0395 e. The summed E-state index contributed by atoms with van der Waals surface area (Å²) >= 11 is 0. The highest BCUT2D eigenvalue weighted by molar-refractivity contribution is 5.36. The Bertz CT molecular complexity index is 1800. The number of nitrogen functional groups attached to an aromatic ring is 1. The molecule has 1 unspecified atom stereocenters. The highest BCUT2D eigenvalue weighted by Gasteiger charge is 2.25. The van der Waals surface area contributed by atoms with Gasteiger partial charge in [0, 0.05) is 37.3 Å². The number of hydrogen-bond acceptors (Lipinski definition) is 4. The standard InChI is InChI=1S/C23H33N.C18H29N.C9H18.C7H10N.C6H7N.2C2H6.CH4/c1-3-11-23(19-24-18-21-14-6-5-7-15-21)22(4-2)17-10-16-20-12-8-9-13-20;1-3-7-14(2)15-9-6-10-16(12-15)18-11-5-4-8-17(18)13-19;1-2-6-9-7-4-3-5-8-9;8-6-7-4-2-1-3-5-7;7-6-4-2-1-3-5-6;2*1-2;/h4-7,12,14-15,19,24H,3,8-11,13,16-18H2,1-2H3;6,9-10,12,14,17-18H,3-5,7-8,11,13,19H2,1-2H3;9H,2-8H2,1H3;1-5,7H,6,8H2;1-5H,7H2;2*1-2H3;1H4/b22-4+,23-19+;;;;;;;/t;14-,17?,18+;;;;;;/m.0....../s1. The van der Waals surface area contributed by atoms with Crippen molar-refractivity contribution in [2.75, 3.05) is 18.8 Å². The van der Waals surface area contributed by atoms with Crippen LogP contribution in [0.2, 0.25) is 0 Å². The van der Waals surface area contributed by atoms with Gasteiger partial charge in [0.1, 0.15) is 0 Å². The molecule has 0 aromatic heterocycles. The van der Waals surface area contributed by atoms with E-state index in [0.29, 0.717) is 23.7 Å². The molecule has 7 rings (SSSR count). The minimum atomic E-state index is 0. The molecule has 405 valence electrons. The van der Waals surface area contributed by atoms with Crippen LogP contribution in [0.15, 0.2) is 144 Å². The maximum atomic E-state index is 5.98. The zero-order valence-electron chi connectivity index (χ0n) is 47.3. The highest BCUT2D eigenvalue weighted by Crippen LogP contribution is 2.38. The summed E-state index contributed by atoms with van der Waals surface area (Å²) in [6.07, 6.45) is 45.8. The van der Waals surface area contributed by atoms with Crippen molar-refractivity contribution in [2.45, 2.75) is 223 Å². The third-order valence-corrected chi connectivity index (χ3v) is 14.1. The Morgan fingerprint density at radius 2 is 1.36 bits per heavy atom. The number of allylic oxidation sites excluding steroid dienone is 7. The molecule has 0 heterocycles. The van der Waals surface area contributed by atoms with Crippen molar-refractivity contribution in [3.63, 3.8) is 0 Å². The van der Waals surface area contributed by atoms with Crippen LogP contribution in [-0.2, 0) is 6.54 Å². The van der Waals surface area contributed by atoms with Crippen molar-refractivity contribution >= 4 is 5.69 Å². The number of benzene rings is 3. The molecule has 7 N–H and O–H groups in total. The predicted octanol–water partition coefficient (Wildman–Crippen LogP) is 19.7. The highest BCUT2D eigenvalue weighted by atomic mass is 14.8. The van der Waals surface area contributed by atoms with Crippen LogP contribution in [0.4, 0.5) is 5.69 Å². The van der Waals surface area contributed by atoms with Crippen LogP contribution in [0.25, 0.3) is 0 Å². The second-order valence-electron chi connectivity index (χ2n) is 19.5. The van der Waals surface area contributed by atoms with Crippen LogP contribution in [0, 0.1) is 24.2 Å². The van der Waals surface area contributed by atoms with E-state index in [9.17, 15) is 0 Å². The van der Waals surface area contributed by atoms with Crippen LogP contribution >= 0.6 is 0 Å². The molecule has 3 aromatic carbocycles. The summed E-state index contributed by atoms with van der Waals surface area (Å²) in [6.45, 7) is 21.8. The van der Waals surface area contributed by atoms with Gasteiger partial charge < -0.3 is 22.5 Å². The summed E-state index contributed by atoms with van der Waals surface area (Å²) in [6, 6.07) is 29.4. The van der Waals surface area contributed by atoms with E-state index in [4.69, 9.17) is 17.2 Å². The Kier molecular flexibility index (Phi) is 44.0. The number of rotatable bonds is 18. The van der Waals surface area contributed by atoms with Gasteiger partial charge in [-0.15, -0.1) is 0 Å². The number of para-hydroxylation sites is 1. The molecule has 2 saturated carbocycles. The van der Waals surface area contributed by atoms with Gasteiger partial charge in [0.15, 0.2) is 0 Å². The molecule has 0 aliphatic heterocycles. The van der Waals surface area contributed by atoms with Crippen molar-refractivity contribution in [2.24, 2.45) is 29.2 Å². The van der Waals surface area contributed by atoms with Crippen molar-refractivity contribution < 1.29 is 0 Å². The smallest absolute Gasteiger partial charge is 0.0395 e. The lowest BCUT2D eigenvalue weighted by Crippen LogP contribution is -2.25. The fourth-order valence-corrected chi connectivity index (χ4v) is 10.1. The van der Waals surface area contributed by atoms with Crippen LogP contribution in [0.3, 0.4) is 0 Å². The predicted molar refractivity (Wildman–Crippen MR) is 326 cm³/mol. The number of nitrogens with one attached hydrogen (secondary N) is 1. The second-order valence-corrected chi connectivity index (χ2v) is 19.5. The summed E-state index contributed by atoms with van der Waals surface area (Å²) in [4.78, 5) is 0. The fraction of sp³-hybridized carbons (Fsp3) is 0.574. The Balaban J connectivity index is 0.000000925. The monoisotopic (exact) mass is 986 g/mol.